The van der Waals surface area contributed by atoms with Gasteiger partial charge in [0.1, 0.15) is 17.2 Å². The van der Waals surface area contributed by atoms with E-state index in [1.54, 1.807) is 0 Å². The molecule has 0 aromatic rings. The van der Waals surface area contributed by atoms with Crippen LogP contribution in [0.15, 0.2) is 0 Å². The molecule has 4 N–H and O–H groups in total. The minimum absolute atomic E-state index is 0.137. The number of primary amides is 1. The van der Waals surface area contributed by atoms with E-state index in [4.69, 9.17) is 5.73 Å². The number of amides is 3. The Kier molecular flexibility index (Phi) is 6.17. The summed E-state index contributed by atoms with van der Waals surface area (Å²) in [5.74, 6) is -7.29. The van der Waals surface area contributed by atoms with Crippen LogP contribution >= 0.6 is 0 Å². The fourth-order valence-electron chi connectivity index (χ4n) is 4.44. The van der Waals surface area contributed by atoms with Gasteiger partial charge in [0.15, 0.2) is 0 Å². The zero-order valence-electron chi connectivity index (χ0n) is 17.3. The third-order valence-corrected chi connectivity index (χ3v) is 5.74. The predicted octanol–water partition coefficient (Wildman–Crippen LogP) is 2.14. The Hall–Kier alpha value is -2.33. The average Bonchev–Trinajstić information content (AvgIpc) is 2.96. The molecule has 1 atom stereocenters. The quantitative estimate of drug-likeness (QED) is 0.528. The molecule has 0 aromatic carbocycles. The molecule has 0 aromatic heterocycles. The first-order chi connectivity index (χ1) is 13.5. The predicted molar refractivity (Wildman–Crippen MR) is 99.6 cm³/mol. The number of rotatable bonds is 7. The minimum atomic E-state index is -3.29. The first-order valence-corrected chi connectivity index (χ1v) is 9.77. The largest absolute Gasteiger partial charge is 0.465 e. The van der Waals surface area contributed by atoms with Crippen LogP contribution < -0.4 is 11.1 Å². The van der Waals surface area contributed by atoms with Crippen molar-refractivity contribution < 1.29 is 37.5 Å². The van der Waals surface area contributed by atoms with Gasteiger partial charge in [-0.05, 0) is 33.6 Å². The van der Waals surface area contributed by atoms with Gasteiger partial charge in [-0.2, -0.15) is 0 Å². The molecule has 2 rings (SSSR count). The molecule has 0 heterocycles. The van der Waals surface area contributed by atoms with Crippen molar-refractivity contribution in [2.75, 3.05) is 0 Å². The van der Waals surface area contributed by atoms with E-state index < -0.39 is 71.7 Å². The second-order valence-corrected chi connectivity index (χ2v) is 9.38. The SMILES string of the molecule is CC(C)(C)N(C(=O)O)C(CC1(F)CCCC1)C(=O)NC1(C(=O)C(N)=O)CC(F)(F)C1. The summed E-state index contributed by atoms with van der Waals surface area (Å²) in [6.07, 6.45) is -2.84. The van der Waals surface area contributed by atoms with Gasteiger partial charge >= 0.3 is 6.09 Å². The fraction of sp³-hybridized carbons (Fsp3) is 0.789. The molecule has 0 radical (unpaired) electrons. The molecule has 1 unspecified atom stereocenters. The third-order valence-electron chi connectivity index (χ3n) is 5.74. The van der Waals surface area contributed by atoms with E-state index in [0.717, 1.165) is 4.90 Å². The van der Waals surface area contributed by atoms with Gasteiger partial charge in [0.05, 0.1) is 0 Å². The molecule has 0 saturated heterocycles. The lowest BCUT2D eigenvalue weighted by molar-refractivity contribution is -0.168. The number of carbonyl (C=O) groups excluding carboxylic acids is 3. The summed E-state index contributed by atoms with van der Waals surface area (Å²) in [6.45, 7) is 4.51. The maximum atomic E-state index is 15.2. The Balaban J connectivity index is 2.39. The van der Waals surface area contributed by atoms with Crippen molar-refractivity contribution in [1.82, 2.24) is 10.2 Å². The van der Waals surface area contributed by atoms with Gasteiger partial charge in [0, 0.05) is 24.8 Å². The number of nitrogens with two attached hydrogens (primary N) is 1. The fourth-order valence-corrected chi connectivity index (χ4v) is 4.44. The number of nitrogens with one attached hydrogen (secondary N) is 1. The summed E-state index contributed by atoms with van der Waals surface area (Å²) in [5, 5.41) is 11.8. The highest BCUT2D eigenvalue weighted by molar-refractivity contribution is 6.39. The number of hydrogen-bond acceptors (Lipinski definition) is 4. The number of halogens is 3. The smallest absolute Gasteiger partial charge is 0.408 e. The van der Waals surface area contributed by atoms with Crippen molar-refractivity contribution in [3.8, 4) is 0 Å². The molecule has 0 bridgehead atoms. The van der Waals surface area contributed by atoms with Crippen LogP contribution in [0, 0.1) is 0 Å². The number of carbonyl (C=O) groups is 4. The summed E-state index contributed by atoms with van der Waals surface area (Å²) >= 11 is 0. The second-order valence-electron chi connectivity index (χ2n) is 9.38. The van der Waals surface area contributed by atoms with Crippen molar-refractivity contribution in [2.24, 2.45) is 5.73 Å². The highest BCUT2D eigenvalue weighted by Crippen LogP contribution is 2.46. The van der Waals surface area contributed by atoms with Crippen LogP contribution in [0.1, 0.15) is 65.7 Å². The molecule has 0 aliphatic heterocycles. The van der Waals surface area contributed by atoms with Crippen molar-refractivity contribution in [3.63, 3.8) is 0 Å². The lowest BCUT2D eigenvalue weighted by atomic mass is 9.70. The zero-order valence-corrected chi connectivity index (χ0v) is 17.3. The van der Waals surface area contributed by atoms with Crippen molar-refractivity contribution in [3.05, 3.63) is 0 Å². The van der Waals surface area contributed by atoms with E-state index in [-0.39, 0.29) is 12.8 Å². The van der Waals surface area contributed by atoms with Crippen LogP contribution in [-0.4, -0.2) is 62.4 Å². The topological polar surface area (TPSA) is 130 Å². The summed E-state index contributed by atoms with van der Waals surface area (Å²) in [4.78, 5) is 49.3. The van der Waals surface area contributed by atoms with Crippen LogP contribution in [0.3, 0.4) is 0 Å². The number of Topliss-reactive ketones (excluding diaryl/α,β-unsaturated/α-hetero) is 1. The lowest BCUT2D eigenvalue weighted by Crippen LogP contribution is -2.71. The maximum absolute atomic E-state index is 15.2. The van der Waals surface area contributed by atoms with Crippen LogP contribution in [0.2, 0.25) is 0 Å². The van der Waals surface area contributed by atoms with Crippen molar-refractivity contribution >= 4 is 23.7 Å². The van der Waals surface area contributed by atoms with E-state index in [9.17, 15) is 33.1 Å². The van der Waals surface area contributed by atoms with E-state index >= 15 is 4.39 Å². The van der Waals surface area contributed by atoms with Crippen LogP contribution in [0.25, 0.3) is 0 Å². The Labute approximate surface area is 172 Å². The van der Waals surface area contributed by atoms with Gasteiger partial charge in [-0.1, -0.05) is 12.8 Å². The minimum Gasteiger partial charge on any atom is -0.465 e. The Bertz CT molecular complexity index is 736. The van der Waals surface area contributed by atoms with E-state index in [2.05, 4.69) is 5.32 Å². The lowest BCUT2D eigenvalue weighted by Gasteiger charge is -2.47. The molecular weight excluding hydrogens is 407 g/mol. The van der Waals surface area contributed by atoms with Gasteiger partial charge in [-0.3, -0.25) is 19.3 Å². The molecule has 30 heavy (non-hydrogen) atoms. The number of ketones is 1. The zero-order chi connectivity index (χ0) is 23.1. The molecule has 2 saturated carbocycles. The summed E-state index contributed by atoms with van der Waals surface area (Å²) in [6, 6.07) is -1.59. The monoisotopic (exact) mass is 435 g/mol. The molecule has 2 aliphatic rings. The van der Waals surface area contributed by atoms with E-state index in [1.165, 1.54) is 20.8 Å². The molecule has 3 amide bonds. The molecule has 11 heteroatoms. The standard InChI is InChI=1S/C19H28F3N3O5/c1-16(2,3)25(15(29)30)11(8-17(20)6-4-5-7-17)14(28)24-18(12(26)13(23)27)9-19(21,22)10-18/h11H,4-10H2,1-3H3,(H2,23,27)(H,24,28)(H,29,30). The van der Waals surface area contributed by atoms with Crippen molar-refractivity contribution in [2.45, 2.75) is 94.4 Å². The van der Waals surface area contributed by atoms with Gasteiger partial charge in [-0.25, -0.2) is 18.0 Å². The normalized spacial score (nSPS) is 22.5. The number of nitrogens with zero attached hydrogens (tertiary/aromatic N) is 1. The van der Waals surface area contributed by atoms with Crippen LogP contribution in [-0.2, 0) is 14.4 Å². The molecule has 0 spiro atoms. The Morgan fingerprint density at radius 3 is 1.97 bits per heavy atom. The molecule has 8 nitrogen and oxygen atoms in total. The number of hydrogen-bond donors (Lipinski definition) is 3. The third kappa shape index (κ3) is 4.86. The highest BCUT2D eigenvalue weighted by Gasteiger charge is 2.63. The molecule has 170 valence electrons. The van der Waals surface area contributed by atoms with E-state index in [0.29, 0.717) is 12.8 Å². The van der Waals surface area contributed by atoms with Crippen LogP contribution in [0.5, 0.6) is 0 Å². The second kappa shape index (κ2) is 7.73. The number of carboxylic acid groups (broad SMARTS) is 1. The summed E-state index contributed by atoms with van der Waals surface area (Å²) < 4.78 is 42.3. The molecule has 2 aliphatic carbocycles. The Morgan fingerprint density at radius 1 is 1.10 bits per heavy atom. The number of alkyl halides is 3. The maximum Gasteiger partial charge on any atom is 0.408 e. The van der Waals surface area contributed by atoms with Crippen molar-refractivity contribution in [1.29, 1.82) is 0 Å². The average molecular weight is 435 g/mol. The Morgan fingerprint density at radius 2 is 1.60 bits per heavy atom. The molecule has 2 fully saturated rings. The first-order valence-electron chi connectivity index (χ1n) is 9.77. The van der Waals surface area contributed by atoms with Gasteiger partial charge in [-0.15, -0.1) is 0 Å². The molecular formula is C19H28F3N3O5. The van der Waals surface area contributed by atoms with Gasteiger partial charge < -0.3 is 16.2 Å². The van der Waals surface area contributed by atoms with E-state index in [1.807, 2.05) is 0 Å². The summed E-state index contributed by atoms with van der Waals surface area (Å²) in [5.41, 5.74) is -0.209. The van der Waals surface area contributed by atoms with Crippen LogP contribution in [0.4, 0.5) is 18.0 Å². The first kappa shape index (κ1) is 23.9. The summed E-state index contributed by atoms with van der Waals surface area (Å²) in [7, 11) is 0. The van der Waals surface area contributed by atoms with Gasteiger partial charge in [0.2, 0.25) is 11.7 Å². The van der Waals surface area contributed by atoms with Gasteiger partial charge in [0.25, 0.3) is 11.8 Å². The highest BCUT2D eigenvalue weighted by atomic mass is 19.3.